The van der Waals surface area contributed by atoms with Gasteiger partial charge in [0.1, 0.15) is 11.6 Å². The number of hydrogen-bond acceptors (Lipinski definition) is 5. The summed E-state index contributed by atoms with van der Waals surface area (Å²) in [6.07, 6.45) is 2.45. The standard InChI is InChI=1S/C24H23BrClN5O2/c1-30(24(32)17-9-4-6-11-21(17)33-2)13-7-12-27-22-14-20(16-8-3-5-10-19(16)26)29-23-18(25)15-28-31(22)23/h3-6,8-11,14-15,27H,7,12-13H2,1-2H3. The molecule has 0 radical (unpaired) electrons. The zero-order chi connectivity index (χ0) is 23.4. The number of anilines is 1. The molecule has 2 aromatic carbocycles. The fourth-order valence-corrected chi connectivity index (χ4v) is 4.11. The fourth-order valence-electron chi connectivity index (χ4n) is 3.53. The fraction of sp³-hybridized carbons (Fsp3) is 0.208. The van der Waals surface area contributed by atoms with Crippen molar-refractivity contribution < 1.29 is 9.53 Å². The molecule has 4 rings (SSSR count). The zero-order valence-corrected chi connectivity index (χ0v) is 20.6. The maximum atomic E-state index is 12.8. The number of carbonyl (C=O) groups excluding carboxylic acids is 1. The smallest absolute Gasteiger partial charge is 0.257 e. The molecule has 1 amide bonds. The predicted molar refractivity (Wildman–Crippen MR) is 134 cm³/mol. The molecule has 0 saturated carbocycles. The number of nitrogens with one attached hydrogen (secondary N) is 1. The van der Waals surface area contributed by atoms with Crippen LogP contribution in [0, 0.1) is 0 Å². The second kappa shape index (κ2) is 10.2. The molecule has 2 heterocycles. The monoisotopic (exact) mass is 527 g/mol. The average Bonchev–Trinajstić information content (AvgIpc) is 3.22. The summed E-state index contributed by atoms with van der Waals surface area (Å²) in [5, 5.41) is 8.46. The molecule has 0 fully saturated rings. The Morgan fingerprint density at radius 2 is 1.97 bits per heavy atom. The Kier molecular flexibility index (Phi) is 7.15. The molecule has 0 atom stereocenters. The van der Waals surface area contributed by atoms with Crippen molar-refractivity contribution in [1.82, 2.24) is 19.5 Å². The summed E-state index contributed by atoms with van der Waals surface area (Å²) >= 11 is 9.91. The third kappa shape index (κ3) is 4.96. The van der Waals surface area contributed by atoms with Crippen LogP contribution in [0.1, 0.15) is 16.8 Å². The van der Waals surface area contributed by atoms with E-state index in [-0.39, 0.29) is 5.91 Å². The van der Waals surface area contributed by atoms with Gasteiger partial charge in [-0.05, 0) is 40.5 Å². The number of hydrogen-bond donors (Lipinski definition) is 1. The zero-order valence-electron chi connectivity index (χ0n) is 18.3. The summed E-state index contributed by atoms with van der Waals surface area (Å²) in [4.78, 5) is 19.2. The molecule has 0 saturated heterocycles. The lowest BCUT2D eigenvalue weighted by Gasteiger charge is -2.19. The molecule has 9 heteroatoms. The first-order valence-electron chi connectivity index (χ1n) is 10.4. The minimum atomic E-state index is -0.0734. The van der Waals surface area contributed by atoms with Gasteiger partial charge in [-0.3, -0.25) is 4.79 Å². The van der Waals surface area contributed by atoms with Gasteiger partial charge in [-0.1, -0.05) is 41.9 Å². The number of methoxy groups -OCH3 is 1. The third-order valence-corrected chi connectivity index (χ3v) is 6.13. The number of halogens is 2. The molecular formula is C24H23BrClN5O2. The van der Waals surface area contributed by atoms with Crippen LogP contribution in [-0.4, -0.2) is 52.7 Å². The number of aromatic nitrogens is 3. The van der Waals surface area contributed by atoms with Crippen molar-refractivity contribution in [1.29, 1.82) is 0 Å². The van der Waals surface area contributed by atoms with E-state index >= 15 is 0 Å². The highest BCUT2D eigenvalue weighted by atomic mass is 79.9. The van der Waals surface area contributed by atoms with Crippen LogP contribution in [0.3, 0.4) is 0 Å². The Labute approximate surface area is 205 Å². The molecule has 1 N–H and O–H groups in total. The van der Waals surface area contributed by atoms with Crippen LogP contribution in [0.4, 0.5) is 5.82 Å². The molecule has 0 aliphatic heterocycles. The van der Waals surface area contributed by atoms with E-state index in [1.165, 1.54) is 0 Å². The Morgan fingerprint density at radius 3 is 2.76 bits per heavy atom. The summed E-state index contributed by atoms with van der Waals surface area (Å²) in [7, 11) is 3.36. The summed E-state index contributed by atoms with van der Waals surface area (Å²) in [6, 6.07) is 16.8. The molecule has 170 valence electrons. The number of rotatable bonds is 8. The number of amides is 1. The number of benzene rings is 2. The van der Waals surface area contributed by atoms with Gasteiger partial charge in [0.2, 0.25) is 0 Å². The summed E-state index contributed by atoms with van der Waals surface area (Å²) in [5.41, 5.74) is 2.84. The van der Waals surface area contributed by atoms with Gasteiger partial charge in [-0.2, -0.15) is 9.61 Å². The maximum Gasteiger partial charge on any atom is 0.257 e. The summed E-state index contributed by atoms with van der Waals surface area (Å²) in [6.45, 7) is 1.22. The van der Waals surface area contributed by atoms with E-state index in [4.69, 9.17) is 21.3 Å². The van der Waals surface area contributed by atoms with Crippen molar-refractivity contribution in [2.45, 2.75) is 6.42 Å². The van der Waals surface area contributed by atoms with Gasteiger partial charge in [0.25, 0.3) is 5.91 Å². The van der Waals surface area contributed by atoms with Crippen molar-refractivity contribution in [2.75, 3.05) is 32.6 Å². The highest BCUT2D eigenvalue weighted by molar-refractivity contribution is 9.10. The van der Waals surface area contributed by atoms with E-state index in [1.54, 1.807) is 41.9 Å². The van der Waals surface area contributed by atoms with Gasteiger partial charge in [0.15, 0.2) is 5.65 Å². The quantitative estimate of drug-likeness (QED) is 0.310. The number of nitrogens with zero attached hydrogens (tertiary/aromatic N) is 4. The molecule has 0 bridgehead atoms. The normalized spacial score (nSPS) is 10.9. The lowest BCUT2D eigenvalue weighted by atomic mass is 10.1. The van der Waals surface area contributed by atoms with Gasteiger partial charge >= 0.3 is 0 Å². The van der Waals surface area contributed by atoms with Crippen molar-refractivity contribution in [3.05, 3.63) is 75.9 Å². The van der Waals surface area contributed by atoms with Crippen molar-refractivity contribution in [2.24, 2.45) is 0 Å². The number of ether oxygens (including phenoxy) is 1. The van der Waals surface area contributed by atoms with Crippen molar-refractivity contribution >= 4 is 44.9 Å². The van der Waals surface area contributed by atoms with Gasteiger partial charge in [0.05, 0.1) is 29.0 Å². The van der Waals surface area contributed by atoms with E-state index in [0.717, 1.165) is 28.0 Å². The number of para-hydroxylation sites is 1. The predicted octanol–water partition coefficient (Wildman–Crippen LogP) is 5.40. The molecule has 0 aliphatic rings. The van der Waals surface area contributed by atoms with E-state index in [9.17, 15) is 4.79 Å². The van der Waals surface area contributed by atoms with Gasteiger partial charge in [-0.15, -0.1) is 0 Å². The van der Waals surface area contributed by atoms with Crippen LogP contribution in [0.2, 0.25) is 5.02 Å². The first-order chi connectivity index (χ1) is 16.0. The first-order valence-corrected chi connectivity index (χ1v) is 11.6. The third-order valence-electron chi connectivity index (χ3n) is 5.24. The lowest BCUT2D eigenvalue weighted by molar-refractivity contribution is 0.0791. The molecule has 33 heavy (non-hydrogen) atoms. The average molecular weight is 529 g/mol. The molecule has 0 aliphatic carbocycles. The van der Waals surface area contributed by atoms with Crippen molar-refractivity contribution in [3.63, 3.8) is 0 Å². The van der Waals surface area contributed by atoms with Gasteiger partial charge < -0.3 is 15.0 Å². The second-order valence-electron chi connectivity index (χ2n) is 7.44. The number of carbonyl (C=O) groups is 1. The van der Waals surface area contributed by atoms with Crippen LogP contribution in [-0.2, 0) is 0 Å². The van der Waals surface area contributed by atoms with E-state index < -0.39 is 0 Å². The molecule has 2 aromatic heterocycles. The van der Waals surface area contributed by atoms with Crippen LogP contribution < -0.4 is 10.1 Å². The molecule has 7 nitrogen and oxygen atoms in total. The Balaban J connectivity index is 1.46. The number of fused-ring (bicyclic) bond motifs is 1. The Hall–Kier alpha value is -3.10. The van der Waals surface area contributed by atoms with Crippen molar-refractivity contribution in [3.8, 4) is 17.0 Å². The summed E-state index contributed by atoms with van der Waals surface area (Å²) < 4.78 is 7.85. The largest absolute Gasteiger partial charge is 0.496 e. The molecule has 0 spiro atoms. The van der Waals surface area contributed by atoms with E-state index in [1.807, 2.05) is 42.5 Å². The highest BCUT2D eigenvalue weighted by Gasteiger charge is 2.16. The van der Waals surface area contributed by atoms with E-state index in [0.29, 0.717) is 35.1 Å². The molecular weight excluding hydrogens is 506 g/mol. The second-order valence-corrected chi connectivity index (χ2v) is 8.70. The maximum absolute atomic E-state index is 12.8. The first kappa shape index (κ1) is 23.1. The SMILES string of the molecule is COc1ccccc1C(=O)N(C)CCCNc1cc(-c2ccccc2Cl)nc2c(Br)cnn12. The lowest BCUT2D eigenvalue weighted by Crippen LogP contribution is -2.29. The van der Waals surface area contributed by atoms with Gasteiger partial charge in [-0.25, -0.2) is 4.98 Å². The van der Waals surface area contributed by atoms with Crippen LogP contribution >= 0.6 is 27.5 Å². The van der Waals surface area contributed by atoms with Crippen LogP contribution in [0.25, 0.3) is 16.9 Å². The van der Waals surface area contributed by atoms with E-state index in [2.05, 4.69) is 26.3 Å². The van der Waals surface area contributed by atoms with Crippen LogP contribution in [0.5, 0.6) is 5.75 Å². The molecule has 0 unspecified atom stereocenters. The minimum absolute atomic E-state index is 0.0734. The Bertz CT molecular complexity index is 1290. The minimum Gasteiger partial charge on any atom is -0.496 e. The summed E-state index contributed by atoms with van der Waals surface area (Å²) in [5.74, 6) is 1.29. The topological polar surface area (TPSA) is 71.8 Å². The Morgan fingerprint density at radius 1 is 1.21 bits per heavy atom. The van der Waals surface area contributed by atoms with Crippen LogP contribution in [0.15, 0.2) is 65.3 Å². The molecule has 4 aromatic rings. The van der Waals surface area contributed by atoms with Gasteiger partial charge in [0, 0.05) is 36.8 Å². The highest BCUT2D eigenvalue weighted by Crippen LogP contribution is 2.30.